The molecule has 0 aliphatic heterocycles. The van der Waals surface area contributed by atoms with Gasteiger partial charge in [0, 0.05) is 11.1 Å². The van der Waals surface area contributed by atoms with E-state index in [0.717, 1.165) is 38.2 Å². The van der Waals surface area contributed by atoms with Crippen LogP contribution in [0.4, 0.5) is 30.7 Å². The third-order valence-corrected chi connectivity index (χ3v) is 6.48. The van der Waals surface area contributed by atoms with Gasteiger partial charge < -0.3 is 4.74 Å². The molecule has 8 heteroatoms. The van der Waals surface area contributed by atoms with E-state index in [1.165, 1.54) is 17.7 Å². The van der Waals surface area contributed by atoms with E-state index in [1.54, 1.807) is 6.07 Å². The van der Waals surface area contributed by atoms with Crippen LogP contribution >= 0.6 is 0 Å². The molecule has 0 fully saturated rings. The van der Waals surface area contributed by atoms with Gasteiger partial charge in [-0.25, -0.2) is 22.0 Å². The zero-order chi connectivity index (χ0) is 28.3. The molecule has 0 unspecified atom stereocenters. The van der Waals surface area contributed by atoms with Crippen molar-refractivity contribution in [2.75, 3.05) is 0 Å². The highest BCUT2D eigenvalue weighted by Gasteiger charge is 2.38. The number of unbranched alkanes of at least 4 members (excludes halogenated alkanes) is 2. The fourth-order valence-corrected chi connectivity index (χ4v) is 4.19. The average molecular weight is 547 g/mol. The first kappa shape index (κ1) is 28.2. The van der Waals surface area contributed by atoms with E-state index in [9.17, 15) is 26.3 Å². The molecule has 0 saturated carbocycles. The summed E-state index contributed by atoms with van der Waals surface area (Å²) in [6, 6.07) is 13.7. The van der Waals surface area contributed by atoms with Gasteiger partial charge in [-0.2, -0.15) is 8.78 Å². The first-order chi connectivity index (χ1) is 18.5. The van der Waals surface area contributed by atoms with Crippen LogP contribution in [0.15, 0.2) is 66.7 Å². The molecular formula is C31H25F7O. The van der Waals surface area contributed by atoms with Crippen LogP contribution in [0.1, 0.15) is 42.9 Å². The maximum Gasteiger partial charge on any atom is 0.427 e. The molecule has 0 radical (unpaired) electrons. The minimum atomic E-state index is -4.46. The maximum absolute atomic E-state index is 15.0. The molecule has 4 aromatic carbocycles. The summed E-state index contributed by atoms with van der Waals surface area (Å²) < 4.78 is 105. The third kappa shape index (κ3) is 6.27. The molecule has 0 aliphatic rings. The lowest BCUT2D eigenvalue weighted by molar-refractivity contribution is -0.188. The number of rotatable bonds is 9. The summed E-state index contributed by atoms with van der Waals surface area (Å²) in [4.78, 5) is 0. The van der Waals surface area contributed by atoms with Crippen LogP contribution in [0, 0.1) is 36.0 Å². The van der Waals surface area contributed by atoms with Gasteiger partial charge in [0.2, 0.25) is 0 Å². The van der Waals surface area contributed by atoms with E-state index in [2.05, 4.69) is 11.7 Å². The van der Waals surface area contributed by atoms with E-state index >= 15 is 4.39 Å². The minimum absolute atomic E-state index is 0.159. The first-order valence-corrected chi connectivity index (χ1v) is 12.4. The topological polar surface area (TPSA) is 9.23 Å². The molecule has 0 bridgehead atoms. The predicted molar refractivity (Wildman–Crippen MR) is 136 cm³/mol. The van der Waals surface area contributed by atoms with Crippen molar-refractivity contribution in [1.82, 2.24) is 0 Å². The average Bonchev–Trinajstić information content (AvgIpc) is 2.89. The summed E-state index contributed by atoms with van der Waals surface area (Å²) in [6.07, 6.45) is -0.176. The van der Waals surface area contributed by atoms with Crippen molar-refractivity contribution in [1.29, 1.82) is 0 Å². The molecule has 0 aromatic heterocycles. The predicted octanol–water partition coefficient (Wildman–Crippen LogP) is 9.89. The number of ether oxygens (including phenoxy) is 1. The number of halogens is 7. The second-order valence-electron chi connectivity index (χ2n) is 9.30. The highest BCUT2D eigenvalue weighted by atomic mass is 19.3. The highest BCUT2D eigenvalue weighted by Crippen LogP contribution is 2.38. The molecule has 0 spiro atoms. The van der Waals surface area contributed by atoms with Gasteiger partial charge in [0.15, 0.2) is 17.4 Å². The molecule has 0 aliphatic carbocycles. The van der Waals surface area contributed by atoms with Gasteiger partial charge in [-0.05, 0) is 72.4 Å². The van der Waals surface area contributed by atoms with Crippen molar-refractivity contribution in [3.8, 4) is 28.0 Å². The highest BCUT2D eigenvalue weighted by molar-refractivity contribution is 5.71. The number of alkyl halides is 2. The van der Waals surface area contributed by atoms with Gasteiger partial charge in [-0.15, -0.1) is 0 Å². The van der Waals surface area contributed by atoms with Crippen LogP contribution in [0.5, 0.6) is 5.75 Å². The van der Waals surface area contributed by atoms with Crippen molar-refractivity contribution in [2.24, 2.45) is 0 Å². The molecule has 1 nitrogen and oxygen atoms in total. The molecule has 0 atom stereocenters. The van der Waals surface area contributed by atoms with Gasteiger partial charge in [-0.3, -0.25) is 0 Å². The summed E-state index contributed by atoms with van der Waals surface area (Å²) in [5.41, 5.74) is 0.310. The number of hydrogen-bond donors (Lipinski definition) is 0. The zero-order valence-electron chi connectivity index (χ0n) is 21.2. The lowest BCUT2D eigenvalue weighted by Gasteiger charge is -2.20. The van der Waals surface area contributed by atoms with Gasteiger partial charge in [0.25, 0.3) is 0 Å². The largest absolute Gasteiger partial charge is 0.427 e. The maximum atomic E-state index is 15.0. The summed E-state index contributed by atoms with van der Waals surface area (Å²) in [6.45, 7) is 3.17. The molecule has 0 amide bonds. The van der Waals surface area contributed by atoms with Crippen LogP contribution in [-0.4, -0.2) is 0 Å². The van der Waals surface area contributed by atoms with Gasteiger partial charge in [0.1, 0.15) is 17.5 Å². The van der Waals surface area contributed by atoms with Gasteiger partial charge in [0.05, 0.1) is 5.56 Å². The fourth-order valence-electron chi connectivity index (χ4n) is 4.19. The summed E-state index contributed by atoms with van der Waals surface area (Å²) in [5, 5.41) is 0. The van der Waals surface area contributed by atoms with Crippen LogP contribution in [-0.2, 0) is 12.5 Å². The fraction of sp³-hybridized carbons (Fsp3) is 0.226. The minimum Gasteiger partial charge on any atom is -0.423 e. The van der Waals surface area contributed by atoms with Gasteiger partial charge >= 0.3 is 6.11 Å². The van der Waals surface area contributed by atoms with E-state index < -0.39 is 52.1 Å². The monoisotopic (exact) mass is 546 g/mol. The quantitative estimate of drug-likeness (QED) is 0.150. The molecule has 0 N–H and O–H groups in total. The summed E-state index contributed by atoms with van der Waals surface area (Å²) >= 11 is 0. The Morgan fingerprint density at radius 3 is 1.77 bits per heavy atom. The molecule has 4 aromatic rings. The molecule has 204 valence electrons. The van der Waals surface area contributed by atoms with Crippen LogP contribution < -0.4 is 4.74 Å². The zero-order valence-corrected chi connectivity index (χ0v) is 21.2. The van der Waals surface area contributed by atoms with Crippen LogP contribution in [0.2, 0.25) is 0 Å². The first-order valence-electron chi connectivity index (χ1n) is 12.4. The SMILES string of the molecule is CCCCCc1ccc(-c2ccc(-c3cc(F)c(OC(F)(F)c4cc(F)c(C)c(F)c4)c(F)c3)c(F)c2)cc1. The lowest BCUT2D eigenvalue weighted by Crippen LogP contribution is -2.24. The van der Waals surface area contributed by atoms with Gasteiger partial charge in [-0.1, -0.05) is 56.2 Å². The number of aryl methyl sites for hydroxylation is 1. The lowest BCUT2D eigenvalue weighted by atomic mass is 9.98. The van der Waals surface area contributed by atoms with Crippen molar-refractivity contribution < 1.29 is 35.5 Å². The van der Waals surface area contributed by atoms with E-state index in [-0.39, 0.29) is 11.1 Å². The van der Waals surface area contributed by atoms with Crippen LogP contribution in [0.25, 0.3) is 22.3 Å². The Kier molecular flexibility index (Phi) is 8.33. The summed E-state index contributed by atoms with van der Waals surface area (Å²) in [7, 11) is 0. The molecular weight excluding hydrogens is 521 g/mol. The van der Waals surface area contributed by atoms with E-state index in [0.29, 0.717) is 29.8 Å². The normalized spacial score (nSPS) is 11.6. The Bertz CT molecular complexity index is 1430. The van der Waals surface area contributed by atoms with E-state index in [1.807, 2.05) is 24.3 Å². The Hall–Kier alpha value is -3.81. The third-order valence-electron chi connectivity index (χ3n) is 6.48. The van der Waals surface area contributed by atoms with E-state index in [4.69, 9.17) is 0 Å². The standard InChI is InChI=1S/C31H25F7O/c1-3-4-5-6-19-7-9-20(10-8-19)21-11-12-24(27(34)13-21)22-14-28(35)30(29(36)15-22)39-31(37,38)23-16-25(32)18(2)26(33)17-23/h7-17H,3-6H2,1-2H3. The van der Waals surface area contributed by atoms with Crippen molar-refractivity contribution in [3.05, 3.63) is 113 Å². The summed E-state index contributed by atoms with van der Waals surface area (Å²) in [5.74, 6) is -7.87. The van der Waals surface area contributed by atoms with Crippen LogP contribution in [0.3, 0.4) is 0 Å². The van der Waals surface area contributed by atoms with Crippen molar-refractivity contribution in [3.63, 3.8) is 0 Å². The Morgan fingerprint density at radius 1 is 0.641 bits per heavy atom. The Labute approximate surface area is 221 Å². The van der Waals surface area contributed by atoms with Crippen molar-refractivity contribution in [2.45, 2.75) is 45.6 Å². The smallest absolute Gasteiger partial charge is 0.423 e. The molecule has 39 heavy (non-hydrogen) atoms. The van der Waals surface area contributed by atoms with Crippen molar-refractivity contribution >= 4 is 0 Å². The second kappa shape index (κ2) is 11.5. The second-order valence-corrected chi connectivity index (χ2v) is 9.30. The number of hydrogen-bond acceptors (Lipinski definition) is 1. The Balaban J connectivity index is 1.57. The Morgan fingerprint density at radius 2 is 1.21 bits per heavy atom. The molecule has 4 rings (SSSR count). The molecule has 0 heterocycles. The molecule has 0 saturated heterocycles. The number of benzene rings is 4.